The smallest absolute Gasteiger partial charge is 0.247 e. The van der Waals surface area contributed by atoms with Gasteiger partial charge >= 0.3 is 0 Å². The van der Waals surface area contributed by atoms with Gasteiger partial charge in [0.05, 0.1) is 16.6 Å². The quantitative estimate of drug-likeness (QED) is 0.336. The predicted octanol–water partition coefficient (Wildman–Crippen LogP) is 3.23. The van der Waals surface area contributed by atoms with Gasteiger partial charge in [-0.15, -0.1) is 11.8 Å². The van der Waals surface area contributed by atoms with Crippen molar-refractivity contribution < 1.29 is 19.5 Å². The van der Waals surface area contributed by atoms with E-state index < -0.39 is 27.4 Å². The van der Waals surface area contributed by atoms with Crippen molar-refractivity contribution in [2.24, 2.45) is 11.8 Å². The van der Waals surface area contributed by atoms with E-state index in [1.54, 1.807) is 11.8 Å². The van der Waals surface area contributed by atoms with E-state index >= 15 is 0 Å². The van der Waals surface area contributed by atoms with Gasteiger partial charge in [-0.1, -0.05) is 57.4 Å². The molecule has 7 nitrogen and oxygen atoms in total. The summed E-state index contributed by atoms with van der Waals surface area (Å²) >= 11 is 1.67. The van der Waals surface area contributed by atoms with Gasteiger partial charge in [-0.3, -0.25) is 14.4 Å². The van der Waals surface area contributed by atoms with Crippen molar-refractivity contribution in [3.63, 3.8) is 0 Å². The summed E-state index contributed by atoms with van der Waals surface area (Å²) in [6.45, 7) is 9.44. The Kier molecular flexibility index (Phi) is 8.55. The lowest BCUT2D eigenvalue weighted by molar-refractivity contribution is -0.145. The number of likely N-dealkylation sites (tertiary alicyclic amines) is 1. The summed E-state index contributed by atoms with van der Waals surface area (Å²) in [5.74, 6) is -1.01. The van der Waals surface area contributed by atoms with Gasteiger partial charge in [-0.05, 0) is 32.6 Å². The highest BCUT2D eigenvalue weighted by Crippen LogP contribution is 2.65. The summed E-state index contributed by atoms with van der Waals surface area (Å²) in [5, 5.41) is 9.12. The summed E-state index contributed by atoms with van der Waals surface area (Å²) in [6, 6.07) is -0.585. The van der Waals surface area contributed by atoms with E-state index in [1.165, 1.54) is 0 Å². The van der Waals surface area contributed by atoms with Gasteiger partial charge in [0.15, 0.2) is 0 Å². The second kappa shape index (κ2) is 11.3. The van der Waals surface area contributed by atoms with Crippen molar-refractivity contribution in [1.82, 2.24) is 14.7 Å². The molecule has 3 amide bonds. The molecule has 0 aliphatic carbocycles. The first-order chi connectivity index (χ1) is 17.3. The SMILES string of the molecule is CCCCN1CC=C[C@]23S[C@]4(C)C=CCN(CCC)C(=O)[C@@H]4[C@H]2C(=O)N(CCCCCCO)C3C1=O. The fraction of sp³-hybridized carbons (Fsp3) is 0.750. The van der Waals surface area contributed by atoms with E-state index in [0.717, 1.165) is 44.9 Å². The monoisotopic (exact) mass is 517 g/mol. The van der Waals surface area contributed by atoms with Crippen LogP contribution in [0.5, 0.6) is 0 Å². The number of aliphatic hydroxyl groups is 1. The van der Waals surface area contributed by atoms with Crippen LogP contribution in [0.2, 0.25) is 0 Å². The largest absolute Gasteiger partial charge is 0.396 e. The number of carbonyl (C=O) groups is 3. The molecular weight excluding hydrogens is 474 g/mol. The zero-order valence-corrected chi connectivity index (χ0v) is 23.0. The van der Waals surface area contributed by atoms with Crippen molar-refractivity contribution in [2.45, 2.75) is 81.3 Å². The van der Waals surface area contributed by atoms with Crippen LogP contribution in [0.3, 0.4) is 0 Å². The average Bonchev–Trinajstić information content (AvgIpc) is 3.12. The van der Waals surface area contributed by atoms with Crippen LogP contribution in [-0.4, -0.2) is 92.4 Å². The minimum Gasteiger partial charge on any atom is -0.396 e. The zero-order chi connectivity index (χ0) is 25.9. The third-order valence-corrected chi connectivity index (χ3v) is 10.1. The molecule has 36 heavy (non-hydrogen) atoms. The number of amides is 3. The van der Waals surface area contributed by atoms with Crippen LogP contribution in [0.25, 0.3) is 0 Å². The lowest BCUT2D eigenvalue weighted by atomic mass is 9.74. The Morgan fingerprint density at radius 3 is 2.22 bits per heavy atom. The fourth-order valence-electron chi connectivity index (χ4n) is 6.63. The Labute approximate surface area is 220 Å². The van der Waals surface area contributed by atoms with Crippen molar-refractivity contribution in [3.8, 4) is 0 Å². The predicted molar refractivity (Wildman–Crippen MR) is 143 cm³/mol. The van der Waals surface area contributed by atoms with Crippen LogP contribution in [0, 0.1) is 11.8 Å². The summed E-state index contributed by atoms with van der Waals surface area (Å²) in [7, 11) is 0. The van der Waals surface area contributed by atoms with Gasteiger partial charge in [-0.2, -0.15) is 0 Å². The molecule has 5 atom stereocenters. The van der Waals surface area contributed by atoms with Crippen molar-refractivity contribution in [3.05, 3.63) is 24.3 Å². The molecule has 200 valence electrons. The number of unbranched alkanes of at least 4 members (excludes halogenated alkanes) is 4. The number of nitrogens with zero attached hydrogens (tertiary/aromatic N) is 3. The molecule has 2 saturated heterocycles. The second-order valence-corrected chi connectivity index (χ2v) is 12.7. The van der Waals surface area contributed by atoms with E-state index in [4.69, 9.17) is 5.11 Å². The number of carbonyl (C=O) groups excluding carboxylic acids is 3. The van der Waals surface area contributed by atoms with E-state index in [9.17, 15) is 14.4 Å². The summed E-state index contributed by atoms with van der Waals surface area (Å²) in [4.78, 5) is 47.9. The first-order valence-corrected chi connectivity index (χ1v) is 14.7. The van der Waals surface area contributed by atoms with Crippen LogP contribution >= 0.6 is 11.8 Å². The molecule has 0 aromatic heterocycles. The zero-order valence-electron chi connectivity index (χ0n) is 22.2. The Bertz CT molecular complexity index is 907. The minimum absolute atomic E-state index is 0.0223. The molecule has 0 radical (unpaired) electrons. The number of fused-ring (bicyclic) bond motifs is 2. The summed E-state index contributed by atoms with van der Waals surface area (Å²) < 4.78 is -1.27. The molecule has 4 aliphatic rings. The van der Waals surface area contributed by atoms with Crippen molar-refractivity contribution in [1.29, 1.82) is 0 Å². The summed E-state index contributed by atoms with van der Waals surface area (Å²) in [6.07, 6.45) is 14.5. The van der Waals surface area contributed by atoms with E-state index in [-0.39, 0.29) is 24.3 Å². The third kappa shape index (κ3) is 4.64. The molecule has 0 saturated carbocycles. The highest BCUT2D eigenvalue weighted by atomic mass is 32.2. The maximum absolute atomic E-state index is 14.2. The number of rotatable bonds is 11. The topological polar surface area (TPSA) is 81.2 Å². The molecule has 2 fully saturated rings. The maximum atomic E-state index is 14.2. The number of hydrogen-bond donors (Lipinski definition) is 1. The van der Waals surface area contributed by atoms with Gasteiger partial charge in [0.25, 0.3) is 0 Å². The highest BCUT2D eigenvalue weighted by molar-refractivity contribution is 8.02. The maximum Gasteiger partial charge on any atom is 0.247 e. The van der Waals surface area contributed by atoms with E-state index in [1.807, 2.05) is 14.7 Å². The number of hydrogen-bond acceptors (Lipinski definition) is 5. The van der Waals surface area contributed by atoms with Gasteiger partial charge in [-0.25, -0.2) is 0 Å². The molecule has 1 N–H and O–H groups in total. The Morgan fingerprint density at radius 2 is 1.53 bits per heavy atom. The van der Waals surface area contributed by atoms with Gasteiger partial charge in [0.2, 0.25) is 17.7 Å². The van der Waals surface area contributed by atoms with Crippen molar-refractivity contribution in [2.75, 3.05) is 39.3 Å². The Balaban J connectivity index is 1.73. The standard InChI is InChI=1S/C28H43N3O4S/c1-4-6-16-30-18-12-14-28-22(21-24(33)29(15-5-2)17-11-13-27(21,3)36-28)25(34)31(23(28)26(30)35)19-9-7-8-10-20-32/h11-14,21-23,32H,4-10,15-20H2,1-3H3/t21-,22-,23?,27+,28-/m0/s1. The van der Waals surface area contributed by atoms with Gasteiger partial charge < -0.3 is 19.8 Å². The van der Waals surface area contributed by atoms with Crippen LogP contribution in [0.1, 0.15) is 65.7 Å². The van der Waals surface area contributed by atoms with Gasteiger partial charge in [0.1, 0.15) is 6.04 Å². The molecule has 0 bridgehead atoms. The van der Waals surface area contributed by atoms with Crippen LogP contribution < -0.4 is 0 Å². The Morgan fingerprint density at radius 1 is 0.833 bits per heavy atom. The normalized spacial score (nSPS) is 33.6. The summed E-state index contributed by atoms with van der Waals surface area (Å²) in [5.41, 5.74) is 0. The highest BCUT2D eigenvalue weighted by Gasteiger charge is 2.73. The Hall–Kier alpha value is -1.80. The van der Waals surface area contributed by atoms with Gasteiger partial charge in [0, 0.05) is 44.1 Å². The lowest BCUT2D eigenvalue weighted by Crippen LogP contribution is -2.53. The molecule has 8 heteroatoms. The lowest BCUT2D eigenvalue weighted by Gasteiger charge is -2.37. The first-order valence-electron chi connectivity index (χ1n) is 13.9. The minimum atomic E-state index is -0.741. The number of thioether (sulfide) groups is 1. The van der Waals surface area contributed by atoms with Crippen LogP contribution in [0.4, 0.5) is 0 Å². The molecule has 4 rings (SSSR count). The molecule has 1 spiro atoms. The molecule has 0 aromatic rings. The fourth-order valence-corrected chi connectivity index (χ4v) is 8.78. The third-order valence-electron chi connectivity index (χ3n) is 8.31. The number of aliphatic hydroxyl groups excluding tert-OH is 1. The van der Waals surface area contributed by atoms with Crippen molar-refractivity contribution >= 4 is 29.5 Å². The molecule has 4 aliphatic heterocycles. The molecule has 4 heterocycles. The molecular formula is C28H43N3O4S. The van der Waals surface area contributed by atoms with Crippen LogP contribution in [0.15, 0.2) is 24.3 Å². The van der Waals surface area contributed by atoms with E-state index in [2.05, 4.69) is 45.1 Å². The molecule has 0 aromatic carbocycles. The molecule has 1 unspecified atom stereocenters. The van der Waals surface area contributed by atoms with E-state index in [0.29, 0.717) is 32.7 Å². The second-order valence-electron chi connectivity index (χ2n) is 10.9. The average molecular weight is 518 g/mol. The first kappa shape index (κ1) is 27.2. The van der Waals surface area contributed by atoms with Crippen LogP contribution in [-0.2, 0) is 14.4 Å².